The zero-order chi connectivity index (χ0) is 8.27. The highest BCUT2D eigenvalue weighted by molar-refractivity contribution is 6.17. The van der Waals surface area contributed by atoms with Gasteiger partial charge in [0.2, 0.25) is 0 Å². The number of hydrogen-bond donors (Lipinski definition) is 1. The van der Waals surface area contributed by atoms with Crippen LogP contribution < -0.4 is 0 Å². The molecule has 3 nitrogen and oxygen atoms in total. The Morgan fingerprint density at radius 2 is 2.00 bits per heavy atom. The summed E-state index contributed by atoms with van der Waals surface area (Å²) in [5.41, 5.74) is 0.389. The number of allylic oxidation sites excluding steroid dienone is 3. The van der Waals surface area contributed by atoms with Crippen LogP contribution in [0.2, 0.25) is 0 Å². The Bertz CT molecular complexity index is 248. The first-order valence-corrected chi connectivity index (χ1v) is 3.32. The van der Waals surface area contributed by atoms with E-state index in [2.05, 4.69) is 0 Å². The van der Waals surface area contributed by atoms with Crippen molar-refractivity contribution in [3.63, 3.8) is 0 Å². The van der Waals surface area contributed by atoms with Crippen LogP contribution in [0, 0.1) is 0 Å². The van der Waals surface area contributed by atoms with Gasteiger partial charge in [-0.15, -0.1) is 0 Å². The van der Waals surface area contributed by atoms with Crippen LogP contribution in [0.25, 0.3) is 0 Å². The summed E-state index contributed by atoms with van der Waals surface area (Å²) in [5.74, 6) is -0.369. The lowest BCUT2D eigenvalue weighted by Gasteiger charge is -2.02. The normalized spacial score (nSPS) is 17.0. The van der Waals surface area contributed by atoms with E-state index in [0.29, 0.717) is 5.57 Å². The summed E-state index contributed by atoms with van der Waals surface area (Å²) in [7, 11) is 0. The maximum atomic E-state index is 10.9. The maximum Gasteiger partial charge on any atom is 0.182 e. The predicted octanol–water partition coefficient (Wildman–Crippen LogP) is 0.00320. The van der Waals surface area contributed by atoms with Crippen molar-refractivity contribution < 1.29 is 14.7 Å². The Morgan fingerprint density at radius 3 is 2.64 bits per heavy atom. The van der Waals surface area contributed by atoms with E-state index in [1.54, 1.807) is 0 Å². The van der Waals surface area contributed by atoms with Crippen molar-refractivity contribution in [1.29, 1.82) is 0 Å². The van der Waals surface area contributed by atoms with Gasteiger partial charge < -0.3 is 5.11 Å². The summed E-state index contributed by atoms with van der Waals surface area (Å²) in [6, 6.07) is 0. The molecule has 0 aliphatic heterocycles. The summed E-state index contributed by atoms with van der Waals surface area (Å²) in [5, 5.41) is 8.49. The zero-order valence-corrected chi connectivity index (χ0v) is 5.91. The Morgan fingerprint density at radius 1 is 1.27 bits per heavy atom. The Hall–Kier alpha value is -1.22. The van der Waals surface area contributed by atoms with Gasteiger partial charge in [-0.25, -0.2) is 0 Å². The molecule has 0 amide bonds. The SMILES string of the molecule is O=C1C=CC(=O)C(CCO)=C1. The minimum atomic E-state index is -0.187. The number of ketones is 2. The van der Waals surface area contributed by atoms with Gasteiger partial charge in [0.05, 0.1) is 0 Å². The van der Waals surface area contributed by atoms with Crippen molar-refractivity contribution in [2.75, 3.05) is 6.61 Å². The van der Waals surface area contributed by atoms with Crippen LogP contribution >= 0.6 is 0 Å². The van der Waals surface area contributed by atoms with Gasteiger partial charge >= 0.3 is 0 Å². The maximum absolute atomic E-state index is 10.9. The van der Waals surface area contributed by atoms with Crippen LogP contribution in [-0.4, -0.2) is 23.3 Å². The zero-order valence-electron chi connectivity index (χ0n) is 5.91. The predicted molar refractivity (Wildman–Crippen MR) is 38.9 cm³/mol. The summed E-state index contributed by atoms with van der Waals surface area (Å²) >= 11 is 0. The first kappa shape index (κ1) is 7.88. The first-order chi connectivity index (χ1) is 5.24. The smallest absolute Gasteiger partial charge is 0.182 e. The van der Waals surface area contributed by atoms with E-state index in [1.807, 2.05) is 0 Å². The van der Waals surface area contributed by atoms with Gasteiger partial charge in [-0.1, -0.05) is 0 Å². The molecule has 0 aromatic carbocycles. The van der Waals surface area contributed by atoms with Gasteiger partial charge in [-0.05, 0) is 24.6 Å². The molecule has 1 aliphatic rings. The molecule has 0 heterocycles. The largest absolute Gasteiger partial charge is 0.396 e. The van der Waals surface area contributed by atoms with E-state index in [0.717, 1.165) is 0 Å². The van der Waals surface area contributed by atoms with Gasteiger partial charge in [0, 0.05) is 12.2 Å². The second kappa shape index (κ2) is 3.25. The second-order valence-corrected chi connectivity index (χ2v) is 2.24. The molecule has 0 spiro atoms. The number of aliphatic hydroxyl groups excluding tert-OH is 1. The molecule has 0 aromatic rings. The van der Waals surface area contributed by atoms with Crippen LogP contribution in [0.4, 0.5) is 0 Å². The number of hydrogen-bond acceptors (Lipinski definition) is 3. The van der Waals surface area contributed by atoms with E-state index >= 15 is 0 Å². The molecule has 3 heteroatoms. The standard InChI is InChI=1S/C8H8O3/c9-4-3-6-5-7(10)1-2-8(6)11/h1-2,5,9H,3-4H2. The summed E-state index contributed by atoms with van der Waals surface area (Å²) in [6.45, 7) is -0.0985. The Kier molecular flexibility index (Phi) is 2.33. The van der Waals surface area contributed by atoms with Gasteiger partial charge in [-0.3, -0.25) is 9.59 Å². The van der Waals surface area contributed by atoms with Gasteiger partial charge in [-0.2, -0.15) is 0 Å². The van der Waals surface area contributed by atoms with Crippen molar-refractivity contribution in [1.82, 2.24) is 0 Å². The average Bonchev–Trinajstić information content (AvgIpc) is 1.98. The van der Waals surface area contributed by atoms with E-state index < -0.39 is 0 Å². The van der Waals surface area contributed by atoms with Crippen LogP contribution in [0.3, 0.4) is 0 Å². The molecule has 0 saturated carbocycles. The molecule has 1 N–H and O–H groups in total. The molecule has 0 radical (unpaired) electrons. The highest BCUT2D eigenvalue weighted by atomic mass is 16.3. The number of aliphatic hydroxyl groups is 1. The van der Waals surface area contributed by atoms with Crippen LogP contribution in [0.1, 0.15) is 6.42 Å². The van der Waals surface area contributed by atoms with Crippen molar-refractivity contribution in [3.8, 4) is 0 Å². The summed E-state index contributed by atoms with van der Waals surface area (Å²) in [6.07, 6.45) is 3.98. The summed E-state index contributed by atoms with van der Waals surface area (Å²) in [4.78, 5) is 21.6. The molecule has 0 bridgehead atoms. The highest BCUT2D eigenvalue weighted by Gasteiger charge is 2.11. The molecule has 0 fully saturated rings. The lowest BCUT2D eigenvalue weighted by Crippen LogP contribution is -2.08. The van der Waals surface area contributed by atoms with Crippen molar-refractivity contribution in [2.24, 2.45) is 0 Å². The van der Waals surface area contributed by atoms with Crippen molar-refractivity contribution in [2.45, 2.75) is 6.42 Å². The molecule has 0 aromatic heterocycles. The molecule has 58 valence electrons. The lowest BCUT2D eigenvalue weighted by atomic mass is 10.0. The molecule has 0 saturated heterocycles. The van der Waals surface area contributed by atoms with E-state index in [-0.39, 0.29) is 24.6 Å². The Balaban J connectivity index is 2.76. The quantitative estimate of drug-likeness (QED) is 0.567. The van der Waals surface area contributed by atoms with Gasteiger partial charge in [0.15, 0.2) is 11.6 Å². The minimum absolute atomic E-state index is 0.0985. The first-order valence-electron chi connectivity index (χ1n) is 3.32. The topological polar surface area (TPSA) is 54.4 Å². The average molecular weight is 152 g/mol. The van der Waals surface area contributed by atoms with Gasteiger partial charge in [0.25, 0.3) is 0 Å². The fraction of sp³-hybridized carbons (Fsp3) is 0.250. The summed E-state index contributed by atoms with van der Waals surface area (Å²) < 4.78 is 0. The fourth-order valence-corrected chi connectivity index (χ4v) is 0.872. The monoisotopic (exact) mass is 152 g/mol. The third-order valence-electron chi connectivity index (χ3n) is 1.41. The van der Waals surface area contributed by atoms with Crippen LogP contribution in [0.15, 0.2) is 23.8 Å². The number of rotatable bonds is 2. The van der Waals surface area contributed by atoms with Crippen LogP contribution in [0.5, 0.6) is 0 Å². The molecule has 0 unspecified atom stereocenters. The third kappa shape index (κ3) is 1.85. The van der Waals surface area contributed by atoms with E-state index in [9.17, 15) is 9.59 Å². The molecule has 1 aliphatic carbocycles. The molecule has 11 heavy (non-hydrogen) atoms. The number of carbonyl (C=O) groups is 2. The fourth-order valence-electron chi connectivity index (χ4n) is 0.872. The second-order valence-electron chi connectivity index (χ2n) is 2.24. The van der Waals surface area contributed by atoms with Gasteiger partial charge in [0.1, 0.15) is 0 Å². The Labute approximate surface area is 64.0 Å². The minimum Gasteiger partial charge on any atom is -0.396 e. The third-order valence-corrected chi connectivity index (χ3v) is 1.41. The van der Waals surface area contributed by atoms with Crippen LogP contribution in [-0.2, 0) is 9.59 Å². The number of carbonyl (C=O) groups excluding carboxylic acids is 2. The molecule has 1 rings (SSSR count). The van der Waals surface area contributed by atoms with Crippen molar-refractivity contribution in [3.05, 3.63) is 23.8 Å². The van der Waals surface area contributed by atoms with E-state index in [1.165, 1.54) is 18.2 Å². The lowest BCUT2D eigenvalue weighted by molar-refractivity contribution is -0.114. The van der Waals surface area contributed by atoms with E-state index in [4.69, 9.17) is 5.11 Å². The molecule has 0 atom stereocenters. The molecular weight excluding hydrogens is 144 g/mol. The van der Waals surface area contributed by atoms with Crippen molar-refractivity contribution >= 4 is 11.6 Å². The highest BCUT2D eigenvalue weighted by Crippen LogP contribution is 2.08. The molecular formula is C8H8O3.